The fraction of sp³-hybridized carbons (Fsp3) is 0.750. The molecule has 2 rings (SSSR count). The van der Waals surface area contributed by atoms with Crippen molar-refractivity contribution in [1.82, 2.24) is 5.32 Å². The summed E-state index contributed by atoms with van der Waals surface area (Å²) in [6.07, 6.45) is 0.768. The number of carbonyl (C=O) groups is 2. The molecule has 0 aromatic rings. The van der Waals surface area contributed by atoms with Crippen molar-refractivity contribution >= 4 is 21.7 Å². The van der Waals surface area contributed by atoms with Crippen LogP contribution in [0.15, 0.2) is 0 Å². The highest BCUT2D eigenvalue weighted by molar-refractivity contribution is 7.91. The van der Waals surface area contributed by atoms with Crippen LogP contribution in [-0.2, 0) is 19.4 Å². The summed E-state index contributed by atoms with van der Waals surface area (Å²) in [6, 6.07) is 0. The number of sulfone groups is 1. The van der Waals surface area contributed by atoms with Crippen LogP contribution < -0.4 is 5.32 Å². The first kappa shape index (κ1) is 9.64. The summed E-state index contributed by atoms with van der Waals surface area (Å²) < 4.78 is 22.5. The minimum absolute atomic E-state index is 0.0147. The Morgan fingerprint density at radius 3 is 2.14 bits per heavy atom. The second kappa shape index (κ2) is 2.79. The van der Waals surface area contributed by atoms with Gasteiger partial charge in [-0.3, -0.25) is 14.9 Å². The molecule has 0 radical (unpaired) electrons. The molecule has 0 aromatic carbocycles. The lowest BCUT2D eigenvalue weighted by atomic mass is 9.78. The molecule has 1 N–H and O–H groups in total. The Kier molecular flexibility index (Phi) is 1.92. The zero-order valence-electron chi connectivity index (χ0n) is 7.58. The Morgan fingerprint density at radius 1 is 1.14 bits per heavy atom. The molecule has 0 unspecified atom stereocenters. The second-order valence-corrected chi connectivity index (χ2v) is 6.35. The van der Waals surface area contributed by atoms with E-state index in [0.717, 1.165) is 0 Å². The third-order valence-corrected chi connectivity index (χ3v) is 4.70. The minimum atomic E-state index is -3.03. The summed E-state index contributed by atoms with van der Waals surface area (Å²) in [7, 11) is -3.03. The Labute approximate surface area is 81.8 Å². The minimum Gasteiger partial charge on any atom is -0.296 e. The summed E-state index contributed by atoms with van der Waals surface area (Å²) in [5.41, 5.74) is -0.599. The Morgan fingerprint density at radius 2 is 1.71 bits per heavy atom. The van der Waals surface area contributed by atoms with Gasteiger partial charge in [-0.15, -0.1) is 0 Å². The van der Waals surface area contributed by atoms with Gasteiger partial charge in [0.05, 0.1) is 11.5 Å². The first-order valence-electron chi connectivity index (χ1n) is 4.44. The number of amides is 2. The van der Waals surface area contributed by atoms with Crippen LogP contribution >= 0.6 is 0 Å². The number of hydrogen-bond donors (Lipinski definition) is 1. The zero-order chi connectivity index (χ0) is 10.4. The molecule has 0 atom stereocenters. The van der Waals surface area contributed by atoms with Crippen molar-refractivity contribution in [2.24, 2.45) is 5.41 Å². The molecule has 2 heterocycles. The maximum atomic E-state index is 11.3. The van der Waals surface area contributed by atoms with Crippen LogP contribution in [-0.4, -0.2) is 31.7 Å². The van der Waals surface area contributed by atoms with Gasteiger partial charge in [-0.1, -0.05) is 0 Å². The molecule has 2 saturated heterocycles. The Bertz CT molecular complexity index is 382. The normalized spacial score (nSPS) is 29.1. The van der Waals surface area contributed by atoms with Gasteiger partial charge in [0, 0.05) is 18.3 Å². The van der Waals surface area contributed by atoms with Crippen molar-refractivity contribution in [2.45, 2.75) is 19.3 Å². The number of rotatable bonds is 0. The van der Waals surface area contributed by atoms with Crippen LogP contribution in [0.25, 0.3) is 0 Å². The lowest BCUT2D eigenvalue weighted by molar-refractivity contribution is -0.137. The molecule has 2 aliphatic heterocycles. The summed E-state index contributed by atoms with van der Waals surface area (Å²) >= 11 is 0. The van der Waals surface area contributed by atoms with E-state index in [0.29, 0.717) is 6.42 Å². The number of piperidine rings is 1. The quantitative estimate of drug-likeness (QED) is 0.540. The standard InChI is InChI=1S/C8H11NO4S/c10-6-3-8(4-7(11)9-6)1-2-14(12,13)5-8/h1-5H2,(H,9,10,11). The molecule has 14 heavy (non-hydrogen) atoms. The highest BCUT2D eigenvalue weighted by atomic mass is 32.2. The van der Waals surface area contributed by atoms with Gasteiger partial charge < -0.3 is 0 Å². The van der Waals surface area contributed by atoms with Crippen molar-refractivity contribution in [2.75, 3.05) is 11.5 Å². The predicted octanol–water partition coefficient (Wildman–Crippen LogP) is -0.772. The number of hydrogen-bond acceptors (Lipinski definition) is 4. The zero-order valence-corrected chi connectivity index (χ0v) is 8.39. The van der Waals surface area contributed by atoms with Gasteiger partial charge in [-0.05, 0) is 6.42 Å². The van der Waals surface area contributed by atoms with E-state index in [1.165, 1.54) is 0 Å². The lowest BCUT2D eigenvalue weighted by Gasteiger charge is -2.29. The number of carbonyl (C=O) groups excluding carboxylic acids is 2. The van der Waals surface area contributed by atoms with Gasteiger partial charge in [0.25, 0.3) is 0 Å². The smallest absolute Gasteiger partial charge is 0.227 e. The van der Waals surface area contributed by atoms with E-state index >= 15 is 0 Å². The molecule has 0 aromatic heterocycles. The van der Waals surface area contributed by atoms with Gasteiger partial charge in [-0.2, -0.15) is 0 Å². The third-order valence-electron chi connectivity index (χ3n) is 2.82. The van der Waals surface area contributed by atoms with Crippen molar-refractivity contribution < 1.29 is 18.0 Å². The van der Waals surface area contributed by atoms with E-state index in [9.17, 15) is 18.0 Å². The van der Waals surface area contributed by atoms with Gasteiger partial charge in [0.15, 0.2) is 9.84 Å². The maximum absolute atomic E-state index is 11.3. The largest absolute Gasteiger partial charge is 0.296 e. The van der Waals surface area contributed by atoms with E-state index in [2.05, 4.69) is 5.32 Å². The van der Waals surface area contributed by atoms with Gasteiger partial charge in [0.1, 0.15) is 0 Å². The van der Waals surface area contributed by atoms with Crippen LogP contribution in [0.1, 0.15) is 19.3 Å². The molecule has 6 heteroatoms. The van der Waals surface area contributed by atoms with Gasteiger partial charge in [0.2, 0.25) is 11.8 Å². The molecule has 2 fully saturated rings. The first-order chi connectivity index (χ1) is 6.41. The Balaban J connectivity index is 2.25. The van der Waals surface area contributed by atoms with E-state index in [1.807, 2.05) is 0 Å². The summed E-state index contributed by atoms with van der Waals surface area (Å²) in [4.78, 5) is 22.2. The van der Waals surface area contributed by atoms with Crippen molar-refractivity contribution in [3.05, 3.63) is 0 Å². The van der Waals surface area contributed by atoms with Crippen molar-refractivity contribution in [1.29, 1.82) is 0 Å². The SMILES string of the molecule is O=C1CC2(CCS(=O)(=O)C2)CC(=O)N1. The summed E-state index contributed by atoms with van der Waals surface area (Å²) in [5.74, 6) is -0.607. The number of imide groups is 1. The van der Waals surface area contributed by atoms with E-state index in [1.54, 1.807) is 0 Å². The molecule has 5 nitrogen and oxygen atoms in total. The van der Waals surface area contributed by atoms with Gasteiger partial charge >= 0.3 is 0 Å². The molecule has 2 aliphatic rings. The van der Waals surface area contributed by atoms with Crippen LogP contribution in [0.2, 0.25) is 0 Å². The summed E-state index contributed by atoms with van der Waals surface area (Å²) in [6.45, 7) is 0. The molecule has 0 saturated carbocycles. The van der Waals surface area contributed by atoms with E-state index in [4.69, 9.17) is 0 Å². The predicted molar refractivity (Wildman–Crippen MR) is 48.1 cm³/mol. The van der Waals surface area contributed by atoms with Crippen molar-refractivity contribution in [3.63, 3.8) is 0 Å². The fourth-order valence-electron chi connectivity index (χ4n) is 2.25. The highest BCUT2D eigenvalue weighted by Gasteiger charge is 2.47. The molecular weight excluding hydrogens is 206 g/mol. The molecular formula is C8H11NO4S. The van der Waals surface area contributed by atoms with Crippen LogP contribution in [0, 0.1) is 5.41 Å². The molecule has 2 amide bonds. The monoisotopic (exact) mass is 217 g/mol. The first-order valence-corrected chi connectivity index (χ1v) is 6.26. The van der Waals surface area contributed by atoms with Crippen molar-refractivity contribution in [3.8, 4) is 0 Å². The van der Waals surface area contributed by atoms with Crippen LogP contribution in [0.4, 0.5) is 0 Å². The molecule has 0 aliphatic carbocycles. The average Bonchev–Trinajstić information content (AvgIpc) is 2.23. The molecule has 0 bridgehead atoms. The van der Waals surface area contributed by atoms with Crippen LogP contribution in [0.3, 0.4) is 0 Å². The molecule has 78 valence electrons. The lowest BCUT2D eigenvalue weighted by Crippen LogP contribution is -2.45. The second-order valence-electron chi connectivity index (χ2n) is 4.17. The summed E-state index contributed by atoms with van der Waals surface area (Å²) in [5, 5.41) is 2.19. The third kappa shape index (κ3) is 1.66. The topological polar surface area (TPSA) is 80.3 Å². The maximum Gasteiger partial charge on any atom is 0.227 e. The van der Waals surface area contributed by atoms with E-state index in [-0.39, 0.29) is 36.2 Å². The highest BCUT2D eigenvalue weighted by Crippen LogP contribution is 2.40. The van der Waals surface area contributed by atoms with E-state index < -0.39 is 15.3 Å². The fourth-order valence-corrected chi connectivity index (χ4v) is 4.42. The Hall–Kier alpha value is -0.910. The molecule has 1 spiro atoms. The number of nitrogens with one attached hydrogen (secondary N) is 1. The average molecular weight is 217 g/mol. The van der Waals surface area contributed by atoms with Crippen LogP contribution in [0.5, 0.6) is 0 Å². The van der Waals surface area contributed by atoms with Gasteiger partial charge in [-0.25, -0.2) is 8.42 Å².